The van der Waals surface area contributed by atoms with Crippen LogP contribution >= 0.6 is 0 Å². The molecule has 3 aromatic rings. The van der Waals surface area contributed by atoms with Crippen molar-refractivity contribution in [3.8, 4) is 11.4 Å². The normalized spacial score (nSPS) is 22.8. The van der Waals surface area contributed by atoms with Gasteiger partial charge in [0.05, 0.1) is 22.7 Å². The highest BCUT2D eigenvalue weighted by molar-refractivity contribution is 5.83. The van der Waals surface area contributed by atoms with Crippen molar-refractivity contribution >= 4 is 22.8 Å². The predicted molar refractivity (Wildman–Crippen MR) is 99.4 cm³/mol. The topological polar surface area (TPSA) is 122 Å². The Morgan fingerprint density at radius 1 is 1.27 bits per heavy atom. The van der Waals surface area contributed by atoms with Crippen molar-refractivity contribution in [2.45, 2.75) is 25.0 Å². The minimum atomic E-state index is -0.518. The Morgan fingerprint density at radius 3 is 2.81 bits per heavy atom. The Morgan fingerprint density at radius 2 is 2.08 bits per heavy atom. The van der Waals surface area contributed by atoms with Gasteiger partial charge in [-0.25, -0.2) is 9.97 Å². The number of aliphatic hydroxyl groups excluding tert-OH is 2. The van der Waals surface area contributed by atoms with Crippen molar-refractivity contribution in [2.24, 2.45) is 13.0 Å². The van der Waals surface area contributed by atoms with Crippen LogP contribution in [0, 0.1) is 5.92 Å². The number of benzene rings is 1. The van der Waals surface area contributed by atoms with Crippen LogP contribution in [-0.2, 0) is 7.05 Å². The first-order valence-electron chi connectivity index (χ1n) is 8.66. The van der Waals surface area contributed by atoms with Crippen LogP contribution in [0.2, 0.25) is 0 Å². The maximum atomic E-state index is 10.0. The third kappa shape index (κ3) is 2.87. The number of fused-ring (bicyclic) bond motifs is 1. The van der Waals surface area contributed by atoms with Crippen LogP contribution in [0.5, 0.6) is 0 Å². The zero-order valence-electron chi connectivity index (χ0n) is 14.5. The van der Waals surface area contributed by atoms with Crippen molar-refractivity contribution in [1.29, 1.82) is 0 Å². The fourth-order valence-corrected chi connectivity index (χ4v) is 3.67. The van der Waals surface area contributed by atoms with Gasteiger partial charge in [0.25, 0.3) is 0 Å². The van der Waals surface area contributed by atoms with Crippen LogP contribution in [-0.4, -0.2) is 48.5 Å². The van der Waals surface area contributed by atoms with E-state index in [2.05, 4.69) is 15.3 Å². The monoisotopic (exact) mass is 354 g/mol. The number of hydrogen-bond donors (Lipinski definition) is 4. The summed E-state index contributed by atoms with van der Waals surface area (Å²) in [6.45, 7) is -0.0249. The van der Waals surface area contributed by atoms with E-state index >= 15 is 0 Å². The van der Waals surface area contributed by atoms with E-state index in [9.17, 15) is 10.2 Å². The minimum absolute atomic E-state index is 0.00452. The van der Waals surface area contributed by atoms with Gasteiger partial charge in [-0.3, -0.25) is 0 Å². The quantitative estimate of drug-likeness (QED) is 0.554. The van der Waals surface area contributed by atoms with Crippen molar-refractivity contribution in [3.05, 3.63) is 30.5 Å². The second kappa shape index (κ2) is 6.54. The second-order valence-electron chi connectivity index (χ2n) is 6.80. The lowest BCUT2D eigenvalue weighted by Crippen LogP contribution is -2.19. The van der Waals surface area contributed by atoms with Crippen LogP contribution in [0.1, 0.15) is 12.8 Å². The number of imidazole rings is 1. The molecule has 3 atom stereocenters. The first kappa shape index (κ1) is 16.7. The lowest BCUT2D eigenvalue weighted by molar-refractivity contribution is 0.0908. The number of aromatic nitrogens is 4. The smallest absolute Gasteiger partial charge is 0.221 e. The molecule has 4 rings (SSSR count). The summed E-state index contributed by atoms with van der Waals surface area (Å²) in [5.41, 5.74) is 8.45. The van der Waals surface area contributed by atoms with Crippen molar-refractivity contribution < 1.29 is 10.2 Å². The van der Waals surface area contributed by atoms with E-state index in [1.165, 1.54) is 0 Å². The number of rotatable bonds is 4. The van der Waals surface area contributed by atoms with Gasteiger partial charge in [-0.1, -0.05) is 12.1 Å². The largest absolute Gasteiger partial charge is 0.396 e. The summed E-state index contributed by atoms with van der Waals surface area (Å²) >= 11 is 0. The van der Waals surface area contributed by atoms with Gasteiger partial charge in [0, 0.05) is 31.8 Å². The van der Waals surface area contributed by atoms with Gasteiger partial charge in [-0.2, -0.15) is 4.98 Å². The first-order valence-corrected chi connectivity index (χ1v) is 8.66. The van der Waals surface area contributed by atoms with Crippen LogP contribution in [0.25, 0.3) is 22.4 Å². The number of nitrogen functional groups attached to an aromatic ring is 1. The average Bonchev–Trinajstić information content (AvgIpc) is 3.15. The van der Waals surface area contributed by atoms with E-state index in [0.717, 1.165) is 22.4 Å². The molecule has 0 bridgehead atoms. The third-order valence-corrected chi connectivity index (χ3v) is 5.07. The molecule has 1 saturated carbocycles. The van der Waals surface area contributed by atoms with Crippen LogP contribution in [0.3, 0.4) is 0 Å². The Balaban J connectivity index is 1.72. The Labute approximate surface area is 150 Å². The molecule has 0 spiro atoms. The Bertz CT molecular complexity index is 941. The van der Waals surface area contributed by atoms with E-state index in [4.69, 9.17) is 10.7 Å². The fourth-order valence-electron chi connectivity index (χ4n) is 3.67. The molecule has 0 radical (unpaired) electrons. The molecule has 26 heavy (non-hydrogen) atoms. The molecule has 5 N–H and O–H groups in total. The number of nitrogens with two attached hydrogens (primary N) is 1. The highest BCUT2D eigenvalue weighted by atomic mass is 16.3. The number of aryl methyl sites for hydroxylation is 1. The maximum absolute atomic E-state index is 10.0. The number of para-hydroxylation sites is 2. The molecule has 1 aliphatic carbocycles. The first-order chi connectivity index (χ1) is 12.6. The fraction of sp³-hybridized carbons (Fsp3) is 0.389. The zero-order valence-corrected chi connectivity index (χ0v) is 14.5. The average molecular weight is 354 g/mol. The van der Waals surface area contributed by atoms with E-state index in [1.54, 1.807) is 6.20 Å². The molecule has 0 amide bonds. The number of nitrogens with zero attached hydrogens (tertiary/aromatic N) is 4. The van der Waals surface area contributed by atoms with E-state index < -0.39 is 6.10 Å². The summed E-state index contributed by atoms with van der Waals surface area (Å²) in [6, 6.07) is 7.90. The van der Waals surface area contributed by atoms with Gasteiger partial charge in [0.15, 0.2) is 0 Å². The number of nitrogens with one attached hydrogen (secondary N) is 1. The third-order valence-electron chi connectivity index (χ3n) is 5.07. The SMILES string of the molecule is Cn1c(-c2cnc(N)nc2NC2CC(O)C(CO)C2)nc2ccccc21. The summed E-state index contributed by atoms with van der Waals surface area (Å²) in [5, 5.41) is 22.8. The van der Waals surface area contributed by atoms with Crippen LogP contribution < -0.4 is 11.1 Å². The summed E-state index contributed by atoms with van der Waals surface area (Å²) in [7, 11) is 1.95. The van der Waals surface area contributed by atoms with Crippen molar-refractivity contribution in [2.75, 3.05) is 17.7 Å². The molecule has 136 valence electrons. The van der Waals surface area contributed by atoms with Gasteiger partial charge in [0.2, 0.25) is 5.95 Å². The van der Waals surface area contributed by atoms with E-state index in [-0.39, 0.29) is 24.5 Å². The molecular weight excluding hydrogens is 332 g/mol. The zero-order chi connectivity index (χ0) is 18.3. The van der Waals surface area contributed by atoms with Crippen LogP contribution in [0.15, 0.2) is 30.5 Å². The molecule has 2 heterocycles. The lowest BCUT2D eigenvalue weighted by atomic mass is 10.1. The molecule has 1 fully saturated rings. The van der Waals surface area contributed by atoms with Gasteiger partial charge in [-0.15, -0.1) is 0 Å². The van der Waals surface area contributed by atoms with Crippen molar-refractivity contribution in [3.63, 3.8) is 0 Å². The number of anilines is 2. The highest BCUT2D eigenvalue weighted by Crippen LogP contribution is 2.32. The highest BCUT2D eigenvalue weighted by Gasteiger charge is 2.33. The summed E-state index contributed by atoms with van der Waals surface area (Å²) in [4.78, 5) is 13.2. The number of aliphatic hydroxyl groups is 2. The summed E-state index contributed by atoms with van der Waals surface area (Å²) in [6.07, 6.45) is 2.37. The maximum Gasteiger partial charge on any atom is 0.221 e. The minimum Gasteiger partial charge on any atom is -0.396 e. The van der Waals surface area contributed by atoms with E-state index in [1.807, 2.05) is 35.9 Å². The molecule has 8 nitrogen and oxygen atoms in total. The van der Waals surface area contributed by atoms with Gasteiger partial charge >= 0.3 is 0 Å². The van der Waals surface area contributed by atoms with E-state index in [0.29, 0.717) is 18.7 Å². The molecule has 1 aliphatic rings. The van der Waals surface area contributed by atoms with Gasteiger partial charge < -0.3 is 25.8 Å². The van der Waals surface area contributed by atoms with Gasteiger partial charge in [0.1, 0.15) is 11.6 Å². The molecule has 0 saturated heterocycles. The lowest BCUT2D eigenvalue weighted by Gasteiger charge is -2.16. The van der Waals surface area contributed by atoms with Crippen molar-refractivity contribution in [1.82, 2.24) is 19.5 Å². The Hall–Kier alpha value is -2.71. The molecule has 2 aromatic heterocycles. The molecule has 1 aromatic carbocycles. The Kier molecular flexibility index (Phi) is 4.21. The molecular formula is C18H22N6O2. The molecule has 8 heteroatoms. The molecule has 3 unspecified atom stereocenters. The second-order valence-corrected chi connectivity index (χ2v) is 6.80. The summed E-state index contributed by atoms with van der Waals surface area (Å²) in [5.74, 6) is 1.39. The predicted octanol–water partition coefficient (Wildman–Crippen LogP) is 1.16. The number of hydrogen-bond acceptors (Lipinski definition) is 7. The molecule has 0 aliphatic heterocycles. The standard InChI is InChI=1S/C18H22N6O2/c1-24-14-5-3-2-4-13(14)22-17(24)12-8-20-18(19)23-16(12)21-11-6-10(9-25)15(26)7-11/h2-5,8,10-11,15,25-26H,6-7,9H2,1H3,(H3,19,20,21,23). The van der Waals surface area contributed by atoms with Crippen LogP contribution in [0.4, 0.5) is 11.8 Å². The van der Waals surface area contributed by atoms with Gasteiger partial charge in [-0.05, 0) is 25.0 Å². The summed E-state index contributed by atoms with van der Waals surface area (Å²) < 4.78 is 2.00.